The van der Waals surface area contributed by atoms with Crippen LogP contribution in [0.15, 0.2) is 54.6 Å². The molecule has 2 aromatic carbocycles. The van der Waals surface area contributed by atoms with Crippen LogP contribution in [-0.4, -0.2) is 35.1 Å². The Kier molecular flexibility index (Phi) is 5.28. The molecule has 1 aliphatic rings. The molecule has 1 amide bonds. The molecule has 0 radical (unpaired) electrons. The summed E-state index contributed by atoms with van der Waals surface area (Å²) in [6.07, 6.45) is 0.785. The third-order valence-electron chi connectivity index (χ3n) is 4.66. The Morgan fingerprint density at radius 3 is 2.54 bits per heavy atom. The van der Waals surface area contributed by atoms with Gasteiger partial charge in [0.1, 0.15) is 0 Å². The predicted molar refractivity (Wildman–Crippen MR) is 95.9 cm³/mol. The van der Waals surface area contributed by atoms with Crippen molar-refractivity contribution in [2.24, 2.45) is 5.92 Å². The van der Waals surface area contributed by atoms with Crippen LogP contribution >= 0.6 is 0 Å². The number of aliphatic hydroxyl groups excluding tert-OH is 1. The number of β-amino-alcohol motifs (C(OH)–C–C–N with tert-alkyl or cyclic N) is 1. The van der Waals surface area contributed by atoms with Crippen LogP contribution in [0.4, 0.5) is 5.69 Å². The summed E-state index contributed by atoms with van der Waals surface area (Å²) in [5.74, 6) is 0.278. The molecule has 2 N–H and O–H groups in total. The van der Waals surface area contributed by atoms with Crippen molar-refractivity contribution in [3.63, 3.8) is 0 Å². The molecule has 2 aromatic rings. The average Bonchev–Trinajstić information content (AvgIpc) is 2.60. The van der Waals surface area contributed by atoms with Gasteiger partial charge < -0.3 is 10.4 Å². The van der Waals surface area contributed by atoms with Gasteiger partial charge in [0.2, 0.25) is 0 Å². The van der Waals surface area contributed by atoms with Gasteiger partial charge in [-0.15, -0.1) is 0 Å². The number of piperidine rings is 1. The molecule has 126 valence electrons. The first-order valence-corrected chi connectivity index (χ1v) is 8.47. The van der Waals surface area contributed by atoms with E-state index in [1.54, 1.807) is 0 Å². The van der Waals surface area contributed by atoms with Crippen molar-refractivity contribution < 1.29 is 9.90 Å². The van der Waals surface area contributed by atoms with E-state index in [4.69, 9.17) is 0 Å². The number of aliphatic hydroxyl groups is 1. The third kappa shape index (κ3) is 4.22. The van der Waals surface area contributed by atoms with Gasteiger partial charge in [-0.05, 0) is 48.7 Å². The summed E-state index contributed by atoms with van der Waals surface area (Å²) >= 11 is 0. The van der Waals surface area contributed by atoms with Crippen molar-refractivity contribution in [1.82, 2.24) is 4.90 Å². The molecule has 24 heavy (non-hydrogen) atoms. The normalized spacial score (nSPS) is 21.4. The molecule has 0 saturated carbocycles. The molecular weight excluding hydrogens is 300 g/mol. The standard InChI is InChI=1S/C20H24N2O2/c1-15-11-12-22(14-19(15)23)13-16-7-9-17(10-8-16)20(24)21-18-5-3-2-4-6-18/h2-10,15,19,23H,11-14H2,1H3,(H,21,24). The molecule has 4 nitrogen and oxygen atoms in total. The van der Waals surface area contributed by atoms with Crippen LogP contribution in [0.25, 0.3) is 0 Å². The summed E-state index contributed by atoms with van der Waals surface area (Å²) in [6.45, 7) is 4.64. The zero-order valence-corrected chi connectivity index (χ0v) is 14.0. The number of anilines is 1. The fourth-order valence-electron chi connectivity index (χ4n) is 3.00. The van der Waals surface area contributed by atoms with Crippen molar-refractivity contribution in [1.29, 1.82) is 0 Å². The summed E-state index contributed by atoms with van der Waals surface area (Å²) in [6, 6.07) is 17.1. The van der Waals surface area contributed by atoms with E-state index in [0.29, 0.717) is 11.5 Å². The number of benzene rings is 2. The van der Waals surface area contributed by atoms with E-state index in [0.717, 1.165) is 37.3 Å². The zero-order chi connectivity index (χ0) is 16.9. The van der Waals surface area contributed by atoms with Crippen molar-refractivity contribution in [2.75, 3.05) is 18.4 Å². The monoisotopic (exact) mass is 324 g/mol. The van der Waals surface area contributed by atoms with E-state index >= 15 is 0 Å². The van der Waals surface area contributed by atoms with Crippen LogP contribution in [-0.2, 0) is 6.54 Å². The third-order valence-corrected chi connectivity index (χ3v) is 4.66. The minimum absolute atomic E-state index is 0.102. The summed E-state index contributed by atoms with van der Waals surface area (Å²) in [5.41, 5.74) is 2.60. The number of para-hydroxylation sites is 1. The second kappa shape index (κ2) is 7.60. The molecular formula is C20H24N2O2. The van der Waals surface area contributed by atoms with Gasteiger partial charge in [0.25, 0.3) is 5.91 Å². The lowest BCUT2D eigenvalue weighted by molar-refractivity contribution is 0.0259. The summed E-state index contributed by atoms with van der Waals surface area (Å²) in [7, 11) is 0. The van der Waals surface area contributed by atoms with Gasteiger partial charge in [-0.3, -0.25) is 9.69 Å². The number of amides is 1. The molecule has 0 aromatic heterocycles. The van der Waals surface area contributed by atoms with Crippen molar-refractivity contribution in [3.8, 4) is 0 Å². The quantitative estimate of drug-likeness (QED) is 0.908. The number of carbonyl (C=O) groups excluding carboxylic acids is 1. The first-order chi connectivity index (χ1) is 11.6. The second-order valence-corrected chi connectivity index (χ2v) is 6.59. The number of likely N-dealkylation sites (tertiary alicyclic amines) is 1. The Morgan fingerprint density at radius 1 is 1.17 bits per heavy atom. The number of carbonyl (C=O) groups is 1. The van der Waals surface area contributed by atoms with E-state index in [2.05, 4.69) is 17.1 Å². The van der Waals surface area contributed by atoms with E-state index in [1.807, 2.05) is 54.6 Å². The smallest absolute Gasteiger partial charge is 0.255 e. The van der Waals surface area contributed by atoms with Gasteiger partial charge in [0.15, 0.2) is 0 Å². The van der Waals surface area contributed by atoms with Gasteiger partial charge in [-0.2, -0.15) is 0 Å². The zero-order valence-electron chi connectivity index (χ0n) is 14.0. The lowest BCUT2D eigenvalue weighted by Crippen LogP contribution is -2.42. The highest BCUT2D eigenvalue weighted by Crippen LogP contribution is 2.19. The Bertz CT molecular complexity index is 670. The molecule has 3 rings (SSSR count). The predicted octanol–water partition coefficient (Wildman–Crippen LogP) is 3.14. The Morgan fingerprint density at radius 2 is 1.88 bits per heavy atom. The number of hydrogen-bond acceptors (Lipinski definition) is 3. The molecule has 1 saturated heterocycles. The fourth-order valence-corrected chi connectivity index (χ4v) is 3.00. The van der Waals surface area contributed by atoms with Gasteiger partial charge >= 0.3 is 0 Å². The van der Waals surface area contributed by atoms with Gasteiger partial charge in [0, 0.05) is 24.3 Å². The SMILES string of the molecule is CC1CCN(Cc2ccc(C(=O)Nc3ccccc3)cc2)CC1O. The maximum Gasteiger partial charge on any atom is 0.255 e. The summed E-state index contributed by atoms with van der Waals surface area (Å²) in [5, 5.41) is 12.9. The number of rotatable bonds is 4. The molecule has 0 bridgehead atoms. The molecule has 1 aliphatic heterocycles. The van der Waals surface area contributed by atoms with Crippen LogP contribution in [0.5, 0.6) is 0 Å². The van der Waals surface area contributed by atoms with E-state index in [9.17, 15) is 9.90 Å². The van der Waals surface area contributed by atoms with Gasteiger partial charge in [0.05, 0.1) is 6.10 Å². The number of hydrogen-bond donors (Lipinski definition) is 2. The van der Waals surface area contributed by atoms with E-state index in [-0.39, 0.29) is 12.0 Å². The molecule has 0 aliphatic carbocycles. The summed E-state index contributed by atoms with van der Waals surface area (Å²) in [4.78, 5) is 14.5. The second-order valence-electron chi connectivity index (χ2n) is 6.59. The number of nitrogens with zero attached hydrogens (tertiary/aromatic N) is 1. The molecule has 1 heterocycles. The molecule has 4 heteroatoms. The van der Waals surface area contributed by atoms with Crippen molar-refractivity contribution >= 4 is 11.6 Å². The van der Waals surface area contributed by atoms with Gasteiger partial charge in [-0.1, -0.05) is 37.3 Å². The maximum absolute atomic E-state index is 12.2. The van der Waals surface area contributed by atoms with Crippen LogP contribution < -0.4 is 5.32 Å². The topological polar surface area (TPSA) is 52.6 Å². The number of nitrogens with one attached hydrogen (secondary N) is 1. The Balaban J connectivity index is 1.58. The van der Waals surface area contributed by atoms with Crippen LogP contribution in [0.1, 0.15) is 29.3 Å². The highest BCUT2D eigenvalue weighted by atomic mass is 16.3. The molecule has 0 spiro atoms. The lowest BCUT2D eigenvalue weighted by Gasteiger charge is -2.34. The van der Waals surface area contributed by atoms with Crippen LogP contribution in [0.3, 0.4) is 0 Å². The summed E-state index contributed by atoms with van der Waals surface area (Å²) < 4.78 is 0. The van der Waals surface area contributed by atoms with E-state index in [1.165, 1.54) is 0 Å². The molecule has 2 unspecified atom stereocenters. The largest absolute Gasteiger partial charge is 0.392 e. The molecule has 1 fully saturated rings. The van der Waals surface area contributed by atoms with Crippen molar-refractivity contribution in [2.45, 2.75) is 26.0 Å². The highest BCUT2D eigenvalue weighted by molar-refractivity contribution is 6.04. The Hall–Kier alpha value is -2.17. The highest BCUT2D eigenvalue weighted by Gasteiger charge is 2.24. The van der Waals surface area contributed by atoms with Crippen LogP contribution in [0.2, 0.25) is 0 Å². The minimum atomic E-state index is -0.241. The van der Waals surface area contributed by atoms with E-state index < -0.39 is 0 Å². The first kappa shape index (κ1) is 16.7. The maximum atomic E-state index is 12.2. The first-order valence-electron chi connectivity index (χ1n) is 8.47. The van der Waals surface area contributed by atoms with Gasteiger partial charge in [-0.25, -0.2) is 0 Å². The van der Waals surface area contributed by atoms with Crippen LogP contribution in [0, 0.1) is 5.92 Å². The molecule has 2 atom stereocenters. The Labute approximate surface area is 143 Å². The van der Waals surface area contributed by atoms with Crippen molar-refractivity contribution in [3.05, 3.63) is 65.7 Å². The fraction of sp³-hybridized carbons (Fsp3) is 0.350. The minimum Gasteiger partial charge on any atom is -0.392 e. The lowest BCUT2D eigenvalue weighted by atomic mass is 9.95. The average molecular weight is 324 g/mol.